The van der Waals surface area contributed by atoms with Crippen molar-refractivity contribution in [3.8, 4) is 0 Å². The van der Waals surface area contributed by atoms with Crippen molar-refractivity contribution in [1.29, 1.82) is 0 Å². The number of hydrogen-bond donors (Lipinski definition) is 2. The van der Waals surface area contributed by atoms with E-state index in [1.807, 2.05) is 61.5 Å². The van der Waals surface area contributed by atoms with Crippen molar-refractivity contribution in [3.63, 3.8) is 0 Å². The Morgan fingerprint density at radius 3 is 2.54 bits per heavy atom. The first-order valence-corrected chi connectivity index (χ1v) is 9.37. The highest BCUT2D eigenvalue weighted by Crippen LogP contribution is 2.20. The van der Waals surface area contributed by atoms with Crippen LogP contribution in [0.25, 0.3) is 11.0 Å². The van der Waals surface area contributed by atoms with Crippen LogP contribution in [0.5, 0.6) is 0 Å². The van der Waals surface area contributed by atoms with Gasteiger partial charge in [0.25, 0.3) is 0 Å². The second-order valence-corrected chi connectivity index (χ2v) is 6.93. The number of aromatic nitrogens is 3. The van der Waals surface area contributed by atoms with Crippen molar-refractivity contribution < 1.29 is 4.79 Å². The second-order valence-electron chi connectivity index (χ2n) is 6.93. The molecule has 2 aromatic carbocycles. The van der Waals surface area contributed by atoms with Crippen LogP contribution in [0.3, 0.4) is 0 Å². The van der Waals surface area contributed by atoms with Gasteiger partial charge in [0.15, 0.2) is 0 Å². The summed E-state index contributed by atoms with van der Waals surface area (Å²) in [6.07, 6.45) is 2.71. The van der Waals surface area contributed by atoms with Crippen molar-refractivity contribution >= 4 is 16.9 Å². The van der Waals surface area contributed by atoms with Gasteiger partial charge in [-0.25, -0.2) is 4.98 Å². The Morgan fingerprint density at radius 2 is 1.79 bits per heavy atom. The molecular weight excluding hydrogens is 348 g/mol. The molecule has 2 N–H and O–H groups in total. The molecule has 0 saturated heterocycles. The van der Waals surface area contributed by atoms with Crippen molar-refractivity contribution in [2.24, 2.45) is 0 Å². The maximum Gasteiger partial charge on any atom is 0.225 e. The minimum atomic E-state index is -0.235. The number of H-pyrrole nitrogens is 1. The molecule has 0 unspecified atom stereocenters. The van der Waals surface area contributed by atoms with Crippen LogP contribution in [0.1, 0.15) is 28.7 Å². The molecule has 0 aliphatic heterocycles. The summed E-state index contributed by atoms with van der Waals surface area (Å²) >= 11 is 0. The topological polar surface area (TPSA) is 70.7 Å². The Morgan fingerprint density at radius 1 is 1.00 bits per heavy atom. The molecule has 0 bridgehead atoms. The number of aryl methyl sites for hydroxylation is 1. The Kier molecular flexibility index (Phi) is 5.15. The number of imidazole rings is 1. The van der Waals surface area contributed by atoms with Crippen LogP contribution < -0.4 is 5.32 Å². The molecule has 2 aromatic heterocycles. The smallest absolute Gasteiger partial charge is 0.225 e. The Bertz CT molecular complexity index is 1040. The van der Waals surface area contributed by atoms with E-state index >= 15 is 0 Å². The molecule has 2 heterocycles. The van der Waals surface area contributed by atoms with Crippen molar-refractivity contribution in [2.75, 3.05) is 0 Å². The lowest BCUT2D eigenvalue weighted by Gasteiger charge is -2.17. The molecule has 0 aliphatic carbocycles. The van der Waals surface area contributed by atoms with Gasteiger partial charge in [-0.05, 0) is 42.7 Å². The van der Waals surface area contributed by atoms with Crippen LogP contribution in [0.4, 0.5) is 0 Å². The number of nitrogens with one attached hydrogen (secondary N) is 2. The van der Waals surface area contributed by atoms with Gasteiger partial charge in [0.2, 0.25) is 5.91 Å². The van der Waals surface area contributed by atoms with Crippen LogP contribution in [0.15, 0.2) is 72.9 Å². The summed E-state index contributed by atoms with van der Waals surface area (Å²) in [7, 11) is 0. The molecule has 1 amide bonds. The van der Waals surface area contributed by atoms with E-state index in [4.69, 9.17) is 4.98 Å². The lowest BCUT2D eigenvalue weighted by molar-refractivity contribution is -0.121. The molecule has 4 rings (SSSR count). The zero-order chi connectivity index (χ0) is 19.3. The standard InChI is InChI=1S/C23H22N4O/c1-16-11-12-18(15-24-16)14-22(28)25-21(13-17-7-3-2-4-8-17)23-26-19-9-5-6-10-20(19)27-23/h2-12,15,21H,13-14H2,1H3,(H,25,28)(H,26,27)/t21-/m0/s1. The number of aromatic amines is 1. The van der Waals surface area contributed by atoms with Crippen molar-refractivity contribution in [3.05, 3.63) is 95.6 Å². The molecule has 140 valence electrons. The first kappa shape index (κ1) is 17.9. The summed E-state index contributed by atoms with van der Waals surface area (Å²) in [5.41, 5.74) is 4.84. The average Bonchev–Trinajstić information content (AvgIpc) is 3.14. The SMILES string of the molecule is Cc1ccc(CC(=O)N[C@@H](Cc2ccccc2)c2nc3ccccc3[nH]2)cn1. The van der Waals surface area contributed by atoms with E-state index in [0.717, 1.165) is 33.7 Å². The summed E-state index contributed by atoms with van der Waals surface area (Å²) < 4.78 is 0. The lowest BCUT2D eigenvalue weighted by atomic mass is 10.0. The molecule has 4 aromatic rings. The minimum absolute atomic E-state index is 0.0490. The van der Waals surface area contributed by atoms with E-state index in [9.17, 15) is 4.79 Å². The number of rotatable bonds is 6. The van der Waals surface area contributed by atoms with Crippen LogP contribution in [-0.4, -0.2) is 20.9 Å². The molecule has 0 fully saturated rings. The Labute approximate surface area is 163 Å². The zero-order valence-corrected chi connectivity index (χ0v) is 15.7. The van der Waals surface area contributed by atoms with Gasteiger partial charge >= 0.3 is 0 Å². The third-order valence-electron chi connectivity index (χ3n) is 4.69. The monoisotopic (exact) mass is 370 g/mol. The summed E-state index contributed by atoms with van der Waals surface area (Å²) in [5.74, 6) is 0.715. The first-order valence-electron chi connectivity index (χ1n) is 9.37. The number of benzene rings is 2. The van der Waals surface area contributed by atoms with Crippen molar-refractivity contribution in [2.45, 2.75) is 25.8 Å². The van der Waals surface area contributed by atoms with Crippen molar-refractivity contribution in [1.82, 2.24) is 20.3 Å². The number of pyridine rings is 1. The van der Waals surface area contributed by atoms with E-state index in [1.165, 1.54) is 0 Å². The van der Waals surface area contributed by atoms with Gasteiger partial charge in [0.05, 0.1) is 23.5 Å². The third kappa shape index (κ3) is 4.26. The van der Waals surface area contributed by atoms with E-state index in [0.29, 0.717) is 12.8 Å². The number of carbonyl (C=O) groups is 1. The average molecular weight is 370 g/mol. The molecule has 0 aliphatic rings. The number of amides is 1. The van der Waals surface area contributed by atoms with Gasteiger partial charge < -0.3 is 10.3 Å². The Balaban J connectivity index is 1.56. The normalized spacial score (nSPS) is 12.0. The maximum atomic E-state index is 12.7. The number of para-hydroxylation sites is 2. The highest BCUT2D eigenvalue weighted by molar-refractivity contribution is 5.79. The molecule has 1 atom stereocenters. The van der Waals surface area contributed by atoms with Gasteiger partial charge in [0.1, 0.15) is 5.82 Å². The second kappa shape index (κ2) is 8.05. The molecule has 5 heteroatoms. The maximum absolute atomic E-state index is 12.7. The van der Waals surface area contributed by atoms with E-state index in [1.54, 1.807) is 6.20 Å². The number of hydrogen-bond acceptors (Lipinski definition) is 3. The van der Waals surface area contributed by atoms with Crippen LogP contribution in [0, 0.1) is 6.92 Å². The molecule has 0 saturated carbocycles. The number of nitrogens with zero attached hydrogens (tertiary/aromatic N) is 2. The van der Waals surface area contributed by atoms with E-state index in [2.05, 4.69) is 27.4 Å². The largest absolute Gasteiger partial charge is 0.346 e. The fourth-order valence-electron chi connectivity index (χ4n) is 3.24. The fourth-order valence-corrected chi connectivity index (χ4v) is 3.24. The van der Waals surface area contributed by atoms with Gasteiger partial charge in [-0.1, -0.05) is 48.5 Å². The highest BCUT2D eigenvalue weighted by atomic mass is 16.1. The van der Waals surface area contributed by atoms with Gasteiger partial charge in [0, 0.05) is 11.9 Å². The van der Waals surface area contributed by atoms with Crippen LogP contribution in [-0.2, 0) is 17.6 Å². The summed E-state index contributed by atoms with van der Waals surface area (Å²) in [6, 6.07) is 21.6. The van der Waals surface area contributed by atoms with Crippen LogP contribution >= 0.6 is 0 Å². The summed E-state index contributed by atoms with van der Waals surface area (Å²) in [4.78, 5) is 25.0. The molecule has 28 heavy (non-hydrogen) atoms. The summed E-state index contributed by atoms with van der Waals surface area (Å²) in [6.45, 7) is 1.93. The molecule has 0 radical (unpaired) electrons. The Hall–Kier alpha value is -3.47. The number of carbonyl (C=O) groups excluding carboxylic acids is 1. The highest BCUT2D eigenvalue weighted by Gasteiger charge is 2.19. The predicted molar refractivity (Wildman–Crippen MR) is 110 cm³/mol. The quantitative estimate of drug-likeness (QED) is 0.541. The van der Waals surface area contributed by atoms with E-state index in [-0.39, 0.29) is 11.9 Å². The van der Waals surface area contributed by atoms with E-state index < -0.39 is 0 Å². The van der Waals surface area contributed by atoms with Crippen LogP contribution in [0.2, 0.25) is 0 Å². The number of fused-ring (bicyclic) bond motifs is 1. The minimum Gasteiger partial charge on any atom is -0.346 e. The zero-order valence-electron chi connectivity index (χ0n) is 15.7. The van der Waals surface area contributed by atoms with Gasteiger partial charge in [-0.15, -0.1) is 0 Å². The first-order chi connectivity index (χ1) is 13.7. The molecule has 5 nitrogen and oxygen atoms in total. The predicted octanol–water partition coefficient (Wildman–Crippen LogP) is 3.91. The summed E-state index contributed by atoms with van der Waals surface area (Å²) in [5, 5.41) is 3.15. The molecular formula is C23H22N4O. The third-order valence-corrected chi connectivity index (χ3v) is 4.69. The fraction of sp³-hybridized carbons (Fsp3) is 0.174. The lowest BCUT2D eigenvalue weighted by Crippen LogP contribution is -2.32. The van der Waals surface area contributed by atoms with Gasteiger partial charge in [-0.3, -0.25) is 9.78 Å². The molecule has 0 spiro atoms. The van der Waals surface area contributed by atoms with Gasteiger partial charge in [-0.2, -0.15) is 0 Å².